The van der Waals surface area contributed by atoms with Crippen LogP contribution < -0.4 is 9.46 Å². The van der Waals surface area contributed by atoms with E-state index in [1.165, 1.54) is 0 Å². The van der Waals surface area contributed by atoms with Gasteiger partial charge in [0.05, 0.1) is 17.5 Å². The van der Waals surface area contributed by atoms with E-state index < -0.39 is 15.6 Å². The first-order valence-corrected chi connectivity index (χ1v) is 10.1. The maximum Gasteiger partial charge on any atom is 0.241 e. The van der Waals surface area contributed by atoms with Gasteiger partial charge in [0.25, 0.3) is 0 Å². The van der Waals surface area contributed by atoms with Gasteiger partial charge in [0.1, 0.15) is 5.75 Å². The van der Waals surface area contributed by atoms with Crippen molar-refractivity contribution < 1.29 is 13.2 Å². The SMILES string of the molecule is COc1ccc(S(=O)(=O)NC(C)(C)c2ccccc2)c(-c2ccccc2)c1. The molecule has 0 amide bonds. The molecule has 140 valence electrons. The molecule has 0 bridgehead atoms. The highest BCUT2D eigenvalue weighted by molar-refractivity contribution is 7.89. The molecule has 0 saturated heterocycles. The molecule has 0 unspecified atom stereocenters. The molecule has 5 heteroatoms. The van der Waals surface area contributed by atoms with Gasteiger partial charge in [0, 0.05) is 5.56 Å². The molecule has 0 atom stereocenters. The molecule has 0 saturated carbocycles. The number of ether oxygens (including phenoxy) is 1. The zero-order valence-electron chi connectivity index (χ0n) is 15.6. The summed E-state index contributed by atoms with van der Waals surface area (Å²) in [5, 5.41) is 0. The lowest BCUT2D eigenvalue weighted by molar-refractivity contribution is 0.414. The van der Waals surface area contributed by atoms with E-state index in [1.807, 2.05) is 74.5 Å². The average Bonchev–Trinajstić information content (AvgIpc) is 2.68. The fourth-order valence-electron chi connectivity index (χ4n) is 3.02. The second kappa shape index (κ2) is 7.55. The summed E-state index contributed by atoms with van der Waals surface area (Å²) >= 11 is 0. The summed E-state index contributed by atoms with van der Waals surface area (Å²) in [5.74, 6) is 0.607. The normalized spacial score (nSPS) is 12.0. The first-order chi connectivity index (χ1) is 12.8. The summed E-state index contributed by atoms with van der Waals surface area (Å²) < 4.78 is 34.7. The first-order valence-electron chi connectivity index (χ1n) is 8.66. The molecule has 0 fully saturated rings. The van der Waals surface area contributed by atoms with Crippen molar-refractivity contribution in [2.24, 2.45) is 0 Å². The van der Waals surface area contributed by atoms with Crippen LogP contribution in [0.5, 0.6) is 5.75 Å². The maximum absolute atomic E-state index is 13.3. The van der Waals surface area contributed by atoms with E-state index in [1.54, 1.807) is 25.3 Å². The van der Waals surface area contributed by atoms with E-state index >= 15 is 0 Å². The second-order valence-electron chi connectivity index (χ2n) is 6.82. The van der Waals surface area contributed by atoms with Crippen LogP contribution in [0.15, 0.2) is 83.8 Å². The van der Waals surface area contributed by atoms with Crippen molar-refractivity contribution in [3.63, 3.8) is 0 Å². The van der Waals surface area contributed by atoms with Crippen LogP contribution in [0.4, 0.5) is 0 Å². The van der Waals surface area contributed by atoms with Gasteiger partial charge < -0.3 is 4.74 Å². The molecule has 4 nitrogen and oxygen atoms in total. The van der Waals surface area contributed by atoms with Crippen molar-refractivity contribution in [1.82, 2.24) is 4.72 Å². The largest absolute Gasteiger partial charge is 0.497 e. The molecule has 0 radical (unpaired) electrons. The van der Waals surface area contributed by atoms with Gasteiger partial charge in [0.15, 0.2) is 0 Å². The van der Waals surface area contributed by atoms with E-state index in [0.717, 1.165) is 11.1 Å². The highest BCUT2D eigenvalue weighted by Crippen LogP contribution is 2.32. The number of hydrogen-bond acceptors (Lipinski definition) is 3. The fourth-order valence-corrected chi connectivity index (χ4v) is 4.63. The predicted octanol–water partition coefficient (Wildman–Crippen LogP) is 4.58. The lowest BCUT2D eigenvalue weighted by atomic mass is 9.96. The lowest BCUT2D eigenvalue weighted by Gasteiger charge is -2.27. The summed E-state index contributed by atoms with van der Waals surface area (Å²) in [5.41, 5.74) is 1.55. The molecule has 0 aliphatic rings. The smallest absolute Gasteiger partial charge is 0.241 e. The van der Waals surface area contributed by atoms with Gasteiger partial charge in [-0.05, 0) is 43.2 Å². The minimum Gasteiger partial charge on any atom is -0.497 e. The van der Waals surface area contributed by atoms with E-state index in [9.17, 15) is 8.42 Å². The number of benzene rings is 3. The fraction of sp³-hybridized carbons (Fsp3) is 0.182. The van der Waals surface area contributed by atoms with Crippen LogP contribution in [0.2, 0.25) is 0 Å². The molecule has 3 aromatic carbocycles. The second-order valence-corrected chi connectivity index (χ2v) is 8.48. The van der Waals surface area contributed by atoms with Crippen molar-refractivity contribution in [2.75, 3.05) is 7.11 Å². The summed E-state index contributed by atoms with van der Waals surface area (Å²) in [7, 11) is -2.21. The van der Waals surface area contributed by atoms with Gasteiger partial charge in [0.2, 0.25) is 10.0 Å². The molecular formula is C22H23NO3S. The summed E-state index contributed by atoms with van der Waals surface area (Å²) in [6.45, 7) is 3.71. The number of methoxy groups -OCH3 is 1. The van der Waals surface area contributed by atoms with Gasteiger partial charge in [-0.2, -0.15) is 0 Å². The molecule has 27 heavy (non-hydrogen) atoms. The third-order valence-electron chi connectivity index (χ3n) is 4.45. The highest BCUT2D eigenvalue weighted by atomic mass is 32.2. The van der Waals surface area contributed by atoms with Gasteiger partial charge in [-0.15, -0.1) is 0 Å². The van der Waals surface area contributed by atoms with E-state index in [2.05, 4.69) is 4.72 Å². The van der Waals surface area contributed by atoms with Gasteiger partial charge in [-0.25, -0.2) is 13.1 Å². The number of sulfonamides is 1. The molecule has 0 aromatic heterocycles. The monoisotopic (exact) mass is 381 g/mol. The zero-order chi connectivity index (χ0) is 19.5. The van der Waals surface area contributed by atoms with Crippen LogP contribution in [-0.2, 0) is 15.6 Å². The number of nitrogens with one attached hydrogen (secondary N) is 1. The molecule has 0 aliphatic carbocycles. The first kappa shape index (κ1) is 19.1. The Morgan fingerprint density at radius 3 is 2.04 bits per heavy atom. The predicted molar refractivity (Wildman–Crippen MR) is 108 cm³/mol. The highest BCUT2D eigenvalue weighted by Gasteiger charge is 2.29. The van der Waals surface area contributed by atoms with E-state index in [-0.39, 0.29) is 4.90 Å². The van der Waals surface area contributed by atoms with E-state index in [0.29, 0.717) is 11.3 Å². The third kappa shape index (κ3) is 4.21. The molecular weight excluding hydrogens is 358 g/mol. The third-order valence-corrected chi connectivity index (χ3v) is 6.16. The standard InChI is InChI=1S/C22H23NO3S/c1-22(2,18-12-8-5-9-13-18)23-27(24,25)21-15-14-19(26-3)16-20(21)17-10-6-4-7-11-17/h4-16,23H,1-3H3. The topological polar surface area (TPSA) is 55.4 Å². The van der Waals surface area contributed by atoms with Crippen molar-refractivity contribution in [2.45, 2.75) is 24.3 Å². The molecule has 0 heterocycles. The average molecular weight is 381 g/mol. The Bertz CT molecular complexity index is 1010. The summed E-state index contributed by atoms with van der Waals surface area (Å²) in [6, 6.07) is 24.0. The Morgan fingerprint density at radius 1 is 0.852 bits per heavy atom. The molecule has 3 rings (SSSR count). The summed E-state index contributed by atoms with van der Waals surface area (Å²) in [4.78, 5) is 0.221. The Kier molecular flexibility index (Phi) is 5.35. The van der Waals surface area contributed by atoms with Crippen LogP contribution in [0.3, 0.4) is 0 Å². The van der Waals surface area contributed by atoms with Crippen LogP contribution in [0.25, 0.3) is 11.1 Å². The van der Waals surface area contributed by atoms with Crippen LogP contribution in [-0.4, -0.2) is 15.5 Å². The van der Waals surface area contributed by atoms with Gasteiger partial charge in [-0.1, -0.05) is 60.7 Å². The lowest BCUT2D eigenvalue weighted by Crippen LogP contribution is -2.41. The number of hydrogen-bond donors (Lipinski definition) is 1. The van der Waals surface area contributed by atoms with Crippen LogP contribution in [0, 0.1) is 0 Å². The Balaban J connectivity index is 2.07. The van der Waals surface area contributed by atoms with Crippen LogP contribution >= 0.6 is 0 Å². The summed E-state index contributed by atoms with van der Waals surface area (Å²) in [6.07, 6.45) is 0. The quantitative estimate of drug-likeness (QED) is 0.680. The zero-order valence-corrected chi connectivity index (χ0v) is 16.5. The van der Waals surface area contributed by atoms with E-state index in [4.69, 9.17) is 4.74 Å². The Morgan fingerprint density at radius 2 is 1.44 bits per heavy atom. The van der Waals surface area contributed by atoms with Crippen molar-refractivity contribution >= 4 is 10.0 Å². The van der Waals surface area contributed by atoms with Gasteiger partial charge >= 0.3 is 0 Å². The molecule has 3 aromatic rings. The molecule has 1 N–H and O–H groups in total. The van der Waals surface area contributed by atoms with Gasteiger partial charge in [-0.3, -0.25) is 0 Å². The maximum atomic E-state index is 13.3. The molecule has 0 spiro atoms. The minimum atomic E-state index is -3.78. The number of rotatable bonds is 6. The Hall–Kier alpha value is -2.63. The van der Waals surface area contributed by atoms with Crippen molar-refractivity contribution in [3.8, 4) is 16.9 Å². The van der Waals surface area contributed by atoms with Crippen LogP contribution in [0.1, 0.15) is 19.4 Å². The Labute approximate surface area is 160 Å². The minimum absolute atomic E-state index is 0.221. The van der Waals surface area contributed by atoms with Crippen molar-refractivity contribution in [1.29, 1.82) is 0 Å². The van der Waals surface area contributed by atoms with Crippen molar-refractivity contribution in [3.05, 3.63) is 84.4 Å². The molecule has 0 aliphatic heterocycles.